The molecule has 0 saturated carbocycles. The van der Waals surface area contributed by atoms with Crippen LogP contribution in [0, 0.1) is 5.92 Å². The second-order valence-corrected chi connectivity index (χ2v) is 9.29. The third-order valence-electron chi connectivity index (χ3n) is 4.95. The first-order valence-corrected chi connectivity index (χ1v) is 11.5. The molecule has 1 saturated heterocycles. The predicted octanol–water partition coefficient (Wildman–Crippen LogP) is 3.79. The zero-order valence-corrected chi connectivity index (χ0v) is 18.5. The Bertz CT molecular complexity index is 995. The van der Waals surface area contributed by atoms with Gasteiger partial charge in [-0.2, -0.15) is 4.31 Å². The molecule has 1 amide bonds. The van der Waals surface area contributed by atoms with Crippen molar-refractivity contribution < 1.29 is 22.7 Å². The first-order chi connectivity index (χ1) is 14.3. The van der Waals surface area contributed by atoms with Crippen molar-refractivity contribution in [1.82, 2.24) is 4.31 Å². The molecule has 1 fully saturated rings. The highest BCUT2D eigenvalue weighted by Crippen LogP contribution is 2.30. The number of methoxy groups -OCH3 is 1. The number of rotatable bonds is 7. The van der Waals surface area contributed by atoms with Crippen molar-refractivity contribution in [2.75, 3.05) is 32.1 Å². The minimum atomic E-state index is -3.76. The van der Waals surface area contributed by atoms with Gasteiger partial charge in [0.25, 0.3) is 0 Å². The fourth-order valence-corrected chi connectivity index (χ4v) is 5.25. The smallest absolute Gasteiger partial charge is 0.243 e. The summed E-state index contributed by atoms with van der Waals surface area (Å²) in [5.74, 6) is 0.492. The Morgan fingerprint density at radius 1 is 1.23 bits per heavy atom. The van der Waals surface area contributed by atoms with Crippen molar-refractivity contribution in [3.63, 3.8) is 0 Å². The normalized spacial score (nSPS) is 17.4. The molecule has 1 aliphatic heterocycles. The Hall–Kier alpha value is -2.29. The maximum Gasteiger partial charge on any atom is 0.243 e. The number of benzene rings is 2. The Balaban J connectivity index is 1.69. The van der Waals surface area contributed by atoms with Crippen LogP contribution in [0.1, 0.15) is 19.8 Å². The molecule has 0 spiro atoms. The van der Waals surface area contributed by atoms with Crippen molar-refractivity contribution in [1.29, 1.82) is 0 Å². The van der Waals surface area contributed by atoms with E-state index in [1.54, 1.807) is 24.3 Å². The summed E-state index contributed by atoms with van der Waals surface area (Å²) in [7, 11) is -2.30. The number of hydrogen-bond donors (Lipinski definition) is 1. The van der Waals surface area contributed by atoms with E-state index in [2.05, 4.69) is 5.32 Å². The number of nitrogens with one attached hydrogen (secondary N) is 1. The molecular formula is C21H25ClN2O5S. The molecule has 0 bridgehead atoms. The summed E-state index contributed by atoms with van der Waals surface area (Å²) >= 11 is 6.09. The second-order valence-electron chi connectivity index (χ2n) is 6.95. The van der Waals surface area contributed by atoms with Crippen LogP contribution in [0.15, 0.2) is 47.4 Å². The van der Waals surface area contributed by atoms with Crippen LogP contribution in [0.4, 0.5) is 5.69 Å². The van der Waals surface area contributed by atoms with Gasteiger partial charge < -0.3 is 14.8 Å². The highest BCUT2D eigenvalue weighted by atomic mass is 35.5. The summed E-state index contributed by atoms with van der Waals surface area (Å²) < 4.78 is 37.9. The molecular weight excluding hydrogens is 428 g/mol. The zero-order valence-electron chi connectivity index (χ0n) is 16.9. The molecule has 0 aromatic heterocycles. The van der Waals surface area contributed by atoms with Gasteiger partial charge >= 0.3 is 0 Å². The molecule has 1 atom stereocenters. The summed E-state index contributed by atoms with van der Waals surface area (Å²) in [4.78, 5) is 12.8. The van der Waals surface area contributed by atoms with Crippen molar-refractivity contribution in [2.24, 2.45) is 5.92 Å². The van der Waals surface area contributed by atoms with Crippen molar-refractivity contribution in [2.45, 2.75) is 24.7 Å². The van der Waals surface area contributed by atoms with E-state index in [1.165, 1.54) is 29.6 Å². The number of amides is 1. The van der Waals surface area contributed by atoms with Gasteiger partial charge in [-0.1, -0.05) is 11.6 Å². The standard InChI is InChI=1S/C21H25ClN2O5S/c1-3-29-17-8-6-16(7-9-17)23-21(25)15-5-4-12-24(14-15)30(26,27)18-10-11-20(28-2)19(22)13-18/h6-11,13,15H,3-5,12,14H2,1-2H3,(H,23,25)/t15-/m0/s1. The highest BCUT2D eigenvalue weighted by molar-refractivity contribution is 7.89. The highest BCUT2D eigenvalue weighted by Gasteiger charge is 2.33. The number of halogens is 1. The number of anilines is 1. The average Bonchev–Trinajstić information content (AvgIpc) is 2.75. The zero-order chi connectivity index (χ0) is 21.7. The fraction of sp³-hybridized carbons (Fsp3) is 0.381. The van der Waals surface area contributed by atoms with Crippen LogP contribution in [0.3, 0.4) is 0 Å². The Labute approximate surface area is 182 Å². The molecule has 0 aliphatic carbocycles. The molecule has 162 valence electrons. The van der Waals surface area contributed by atoms with Gasteiger partial charge in [0.1, 0.15) is 11.5 Å². The SMILES string of the molecule is CCOc1ccc(NC(=O)[C@H]2CCCN(S(=O)(=O)c3ccc(OC)c(Cl)c3)C2)cc1. The van der Waals surface area contributed by atoms with Crippen LogP contribution in [-0.4, -0.2) is 45.4 Å². The second kappa shape index (κ2) is 9.68. The van der Waals surface area contributed by atoms with Gasteiger partial charge in [-0.3, -0.25) is 4.79 Å². The van der Waals surface area contributed by atoms with E-state index >= 15 is 0 Å². The molecule has 0 radical (unpaired) electrons. The van der Waals surface area contributed by atoms with E-state index < -0.39 is 15.9 Å². The van der Waals surface area contributed by atoms with Crippen LogP contribution in [-0.2, 0) is 14.8 Å². The first kappa shape index (κ1) is 22.4. The Morgan fingerprint density at radius 3 is 2.60 bits per heavy atom. The topological polar surface area (TPSA) is 84.9 Å². The van der Waals surface area contributed by atoms with Gasteiger partial charge in [0.2, 0.25) is 15.9 Å². The van der Waals surface area contributed by atoms with Gasteiger partial charge in [-0.15, -0.1) is 0 Å². The van der Waals surface area contributed by atoms with Crippen molar-refractivity contribution in [3.8, 4) is 11.5 Å². The van der Waals surface area contributed by atoms with Gasteiger partial charge in [0.15, 0.2) is 0 Å². The fourth-order valence-electron chi connectivity index (χ4n) is 3.38. The van der Waals surface area contributed by atoms with Crippen LogP contribution in [0.25, 0.3) is 0 Å². The molecule has 1 N–H and O–H groups in total. The Kier molecular flexibility index (Phi) is 7.23. The minimum absolute atomic E-state index is 0.0841. The van der Waals surface area contributed by atoms with E-state index in [9.17, 15) is 13.2 Å². The molecule has 1 heterocycles. The monoisotopic (exact) mass is 452 g/mol. The number of piperidine rings is 1. The Morgan fingerprint density at radius 2 is 1.97 bits per heavy atom. The lowest BCUT2D eigenvalue weighted by Crippen LogP contribution is -2.43. The number of carbonyl (C=O) groups excluding carboxylic acids is 1. The molecule has 2 aromatic rings. The molecule has 0 unspecified atom stereocenters. The lowest BCUT2D eigenvalue weighted by molar-refractivity contribution is -0.120. The number of nitrogens with zero attached hydrogens (tertiary/aromatic N) is 1. The molecule has 7 nitrogen and oxygen atoms in total. The summed E-state index contributed by atoms with van der Waals surface area (Å²) in [6.07, 6.45) is 1.22. The maximum absolute atomic E-state index is 13.0. The molecule has 9 heteroatoms. The summed E-state index contributed by atoms with van der Waals surface area (Å²) in [6, 6.07) is 11.5. The average molecular weight is 453 g/mol. The predicted molar refractivity (Wildman–Crippen MR) is 116 cm³/mol. The summed E-state index contributed by atoms with van der Waals surface area (Å²) in [6.45, 7) is 2.95. The summed E-state index contributed by atoms with van der Waals surface area (Å²) in [5, 5.41) is 3.09. The number of hydrogen-bond acceptors (Lipinski definition) is 5. The molecule has 30 heavy (non-hydrogen) atoms. The first-order valence-electron chi connectivity index (χ1n) is 9.72. The minimum Gasteiger partial charge on any atom is -0.495 e. The van der Waals surface area contributed by atoms with Crippen LogP contribution < -0.4 is 14.8 Å². The lowest BCUT2D eigenvalue weighted by atomic mass is 9.99. The van der Waals surface area contributed by atoms with Gasteiger partial charge in [-0.25, -0.2) is 8.42 Å². The third kappa shape index (κ3) is 5.06. The number of sulfonamides is 1. The van der Waals surface area contributed by atoms with E-state index in [0.717, 1.165) is 5.75 Å². The van der Waals surface area contributed by atoms with E-state index in [4.69, 9.17) is 21.1 Å². The van der Waals surface area contributed by atoms with Crippen molar-refractivity contribution in [3.05, 3.63) is 47.5 Å². The van der Waals surface area contributed by atoms with Crippen LogP contribution in [0.5, 0.6) is 11.5 Å². The van der Waals surface area contributed by atoms with E-state index in [0.29, 0.717) is 37.4 Å². The lowest BCUT2D eigenvalue weighted by Gasteiger charge is -2.31. The quantitative estimate of drug-likeness (QED) is 0.690. The van der Waals surface area contributed by atoms with E-state index in [-0.39, 0.29) is 22.4 Å². The van der Waals surface area contributed by atoms with Crippen LogP contribution in [0.2, 0.25) is 5.02 Å². The van der Waals surface area contributed by atoms with Gasteiger partial charge in [-0.05, 0) is 62.2 Å². The molecule has 3 rings (SSSR count). The van der Waals surface area contributed by atoms with Crippen molar-refractivity contribution >= 4 is 33.2 Å². The molecule has 2 aromatic carbocycles. The number of ether oxygens (including phenoxy) is 2. The third-order valence-corrected chi connectivity index (χ3v) is 7.11. The maximum atomic E-state index is 13.0. The van der Waals surface area contributed by atoms with Gasteiger partial charge in [0.05, 0.1) is 29.6 Å². The van der Waals surface area contributed by atoms with Crippen LogP contribution >= 0.6 is 11.6 Å². The van der Waals surface area contributed by atoms with E-state index in [1.807, 2.05) is 6.92 Å². The number of carbonyl (C=O) groups is 1. The summed E-state index contributed by atoms with van der Waals surface area (Å²) in [5.41, 5.74) is 0.644. The van der Waals surface area contributed by atoms with Gasteiger partial charge in [0, 0.05) is 18.8 Å². The largest absolute Gasteiger partial charge is 0.495 e. The molecule has 1 aliphatic rings.